The summed E-state index contributed by atoms with van der Waals surface area (Å²) in [5.41, 5.74) is 2.55. The minimum Gasteiger partial charge on any atom is -0.475 e. The molecule has 1 N–H and O–H groups in total. The number of piperazine rings is 1. The standard InChI is InChI=1S/C20H18BrFN2O3/c21-19-15-11-18(20(25)26)27-17(15)5-4-16(19)24-8-6-23(7-9-24)12-13-2-1-3-14(22)10-13/h1-5,10-11H,6-9,12H2,(H,25,26). The number of hydrogen-bond acceptors (Lipinski definition) is 4. The van der Waals surface area contributed by atoms with E-state index in [1.54, 1.807) is 24.3 Å². The zero-order valence-corrected chi connectivity index (χ0v) is 16.1. The van der Waals surface area contributed by atoms with E-state index in [2.05, 4.69) is 25.7 Å². The Morgan fingerprint density at radius 1 is 1.15 bits per heavy atom. The number of anilines is 1. The van der Waals surface area contributed by atoms with Crippen LogP contribution in [-0.4, -0.2) is 42.2 Å². The SMILES string of the molecule is O=C(O)c1cc2c(Br)c(N3CCN(Cc4cccc(F)c4)CC3)ccc2o1. The molecule has 4 rings (SSSR count). The molecular formula is C20H18BrFN2O3. The molecule has 0 saturated carbocycles. The first-order valence-corrected chi connectivity index (χ1v) is 9.47. The van der Waals surface area contributed by atoms with Crippen molar-refractivity contribution in [2.45, 2.75) is 6.54 Å². The van der Waals surface area contributed by atoms with Gasteiger partial charge in [0.2, 0.25) is 5.76 Å². The summed E-state index contributed by atoms with van der Waals surface area (Å²) >= 11 is 3.61. The minimum atomic E-state index is -1.08. The topological polar surface area (TPSA) is 56.9 Å². The Hall–Kier alpha value is -2.38. The summed E-state index contributed by atoms with van der Waals surface area (Å²) in [5, 5.41) is 9.87. The number of aromatic carboxylic acids is 1. The highest BCUT2D eigenvalue weighted by Gasteiger charge is 2.21. The molecule has 2 heterocycles. The average molecular weight is 433 g/mol. The molecule has 0 bridgehead atoms. The van der Waals surface area contributed by atoms with Gasteiger partial charge in [-0.25, -0.2) is 9.18 Å². The molecule has 0 spiro atoms. The number of carbonyl (C=O) groups is 1. The molecule has 140 valence electrons. The van der Waals surface area contributed by atoms with Gasteiger partial charge in [-0.3, -0.25) is 4.90 Å². The fourth-order valence-corrected chi connectivity index (χ4v) is 4.15. The predicted molar refractivity (Wildman–Crippen MR) is 105 cm³/mol. The molecular weight excluding hydrogens is 415 g/mol. The molecule has 0 atom stereocenters. The van der Waals surface area contributed by atoms with Crippen molar-refractivity contribution < 1.29 is 18.7 Å². The van der Waals surface area contributed by atoms with Crippen molar-refractivity contribution in [3.63, 3.8) is 0 Å². The summed E-state index contributed by atoms with van der Waals surface area (Å²) in [5.74, 6) is -1.35. The van der Waals surface area contributed by atoms with Crippen molar-refractivity contribution in [3.8, 4) is 0 Å². The summed E-state index contributed by atoms with van der Waals surface area (Å²) in [7, 11) is 0. The summed E-state index contributed by atoms with van der Waals surface area (Å²) in [6, 6.07) is 12.0. The smallest absolute Gasteiger partial charge is 0.371 e. The number of benzene rings is 2. The Labute approximate surface area is 164 Å². The first-order chi connectivity index (χ1) is 13.0. The molecule has 1 aromatic heterocycles. The normalized spacial score (nSPS) is 15.4. The summed E-state index contributed by atoms with van der Waals surface area (Å²) in [6.45, 7) is 4.14. The van der Waals surface area contributed by atoms with Crippen LogP contribution in [0, 0.1) is 5.82 Å². The van der Waals surface area contributed by atoms with Crippen molar-refractivity contribution in [1.29, 1.82) is 0 Å². The lowest BCUT2D eigenvalue weighted by Crippen LogP contribution is -2.46. The van der Waals surface area contributed by atoms with Gasteiger partial charge in [0.05, 0.1) is 10.2 Å². The van der Waals surface area contributed by atoms with E-state index in [0.717, 1.165) is 53.8 Å². The molecule has 0 amide bonds. The van der Waals surface area contributed by atoms with Gasteiger partial charge in [-0.05, 0) is 45.8 Å². The van der Waals surface area contributed by atoms with E-state index in [4.69, 9.17) is 9.52 Å². The molecule has 1 fully saturated rings. The third kappa shape index (κ3) is 3.70. The highest BCUT2D eigenvalue weighted by Crippen LogP contribution is 2.36. The summed E-state index contributed by atoms with van der Waals surface area (Å²) in [6.07, 6.45) is 0. The van der Waals surface area contributed by atoms with Crippen molar-refractivity contribution in [2.75, 3.05) is 31.1 Å². The van der Waals surface area contributed by atoms with Crippen LogP contribution in [0.4, 0.5) is 10.1 Å². The van der Waals surface area contributed by atoms with Crippen molar-refractivity contribution in [3.05, 3.63) is 64.1 Å². The van der Waals surface area contributed by atoms with Gasteiger partial charge < -0.3 is 14.4 Å². The molecule has 7 heteroatoms. The second kappa shape index (κ2) is 7.32. The van der Waals surface area contributed by atoms with Gasteiger partial charge in [0.1, 0.15) is 11.4 Å². The van der Waals surface area contributed by atoms with E-state index >= 15 is 0 Å². The third-order valence-corrected chi connectivity index (χ3v) is 5.67. The van der Waals surface area contributed by atoms with Crippen molar-refractivity contribution in [1.82, 2.24) is 4.90 Å². The molecule has 0 unspecified atom stereocenters. The monoisotopic (exact) mass is 432 g/mol. The number of hydrogen-bond donors (Lipinski definition) is 1. The third-order valence-electron chi connectivity index (χ3n) is 4.83. The lowest BCUT2D eigenvalue weighted by molar-refractivity contribution is 0.0665. The first kappa shape index (κ1) is 18.0. The predicted octanol–water partition coefficient (Wildman–Crippen LogP) is 4.35. The highest BCUT2D eigenvalue weighted by molar-refractivity contribution is 9.10. The zero-order valence-electron chi connectivity index (χ0n) is 14.5. The number of nitrogens with zero attached hydrogens (tertiary/aromatic N) is 2. The van der Waals surface area contributed by atoms with Gasteiger partial charge >= 0.3 is 5.97 Å². The van der Waals surface area contributed by atoms with Gasteiger partial charge in [0, 0.05) is 44.2 Å². The summed E-state index contributed by atoms with van der Waals surface area (Å²) in [4.78, 5) is 15.7. The number of halogens is 2. The van der Waals surface area contributed by atoms with Crippen LogP contribution in [0.5, 0.6) is 0 Å². The molecule has 5 nitrogen and oxygen atoms in total. The van der Waals surface area contributed by atoms with E-state index in [1.165, 1.54) is 6.07 Å². The Morgan fingerprint density at radius 2 is 1.93 bits per heavy atom. The molecule has 3 aromatic rings. The fraction of sp³-hybridized carbons (Fsp3) is 0.250. The molecule has 0 aliphatic carbocycles. The minimum absolute atomic E-state index is 0.0669. The first-order valence-electron chi connectivity index (χ1n) is 8.68. The maximum absolute atomic E-state index is 13.4. The van der Waals surface area contributed by atoms with Crippen molar-refractivity contribution >= 4 is 38.6 Å². The van der Waals surface area contributed by atoms with Crippen LogP contribution in [0.15, 0.2) is 51.4 Å². The molecule has 27 heavy (non-hydrogen) atoms. The molecule has 1 saturated heterocycles. The highest BCUT2D eigenvalue weighted by atomic mass is 79.9. The Morgan fingerprint density at radius 3 is 2.63 bits per heavy atom. The van der Waals surface area contributed by atoms with Gasteiger partial charge in [-0.1, -0.05) is 12.1 Å². The lowest BCUT2D eigenvalue weighted by atomic mass is 10.1. The van der Waals surface area contributed by atoms with E-state index in [0.29, 0.717) is 5.58 Å². The van der Waals surface area contributed by atoms with Crippen LogP contribution in [0.1, 0.15) is 16.1 Å². The number of carboxylic acid groups (broad SMARTS) is 1. The lowest BCUT2D eigenvalue weighted by Gasteiger charge is -2.36. The van der Waals surface area contributed by atoms with Crippen LogP contribution in [0.3, 0.4) is 0 Å². The van der Waals surface area contributed by atoms with Gasteiger partial charge in [0.15, 0.2) is 0 Å². The zero-order chi connectivity index (χ0) is 19.0. The number of rotatable bonds is 4. The number of fused-ring (bicyclic) bond motifs is 1. The van der Waals surface area contributed by atoms with E-state index in [1.807, 2.05) is 12.1 Å². The van der Waals surface area contributed by atoms with E-state index < -0.39 is 5.97 Å². The van der Waals surface area contributed by atoms with Crippen LogP contribution in [0.2, 0.25) is 0 Å². The number of carboxylic acids is 1. The maximum Gasteiger partial charge on any atom is 0.371 e. The van der Waals surface area contributed by atoms with E-state index in [9.17, 15) is 9.18 Å². The largest absolute Gasteiger partial charge is 0.475 e. The van der Waals surface area contributed by atoms with Crippen molar-refractivity contribution in [2.24, 2.45) is 0 Å². The fourth-order valence-electron chi connectivity index (χ4n) is 3.46. The number of furan rings is 1. The van der Waals surface area contributed by atoms with E-state index in [-0.39, 0.29) is 11.6 Å². The maximum atomic E-state index is 13.4. The molecule has 1 aliphatic rings. The van der Waals surface area contributed by atoms with Crippen LogP contribution < -0.4 is 4.90 Å². The Kier molecular flexibility index (Phi) is 4.88. The quantitative estimate of drug-likeness (QED) is 0.663. The van der Waals surface area contributed by atoms with Crippen LogP contribution in [0.25, 0.3) is 11.0 Å². The second-order valence-corrected chi connectivity index (χ2v) is 7.41. The summed E-state index contributed by atoms with van der Waals surface area (Å²) < 4.78 is 19.6. The van der Waals surface area contributed by atoms with Crippen LogP contribution >= 0.6 is 15.9 Å². The molecule has 2 aromatic carbocycles. The second-order valence-electron chi connectivity index (χ2n) is 6.62. The Balaban J connectivity index is 1.47. The average Bonchev–Trinajstić information content (AvgIpc) is 3.09. The van der Waals surface area contributed by atoms with Gasteiger partial charge in [0.25, 0.3) is 0 Å². The van der Waals surface area contributed by atoms with Gasteiger partial charge in [-0.2, -0.15) is 0 Å². The molecule has 0 radical (unpaired) electrons. The van der Waals surface area contributed by atoms with Crippen LogP contribution in [-0.2, 0) is 6.54 Å². The molecule has 1 aliphatic heterocycles. The Bertz CT molecular complexity index is 996. The van der Waals surface area contributed by atoms with Gasteiger partial charge in [-0.15, -0.1) is 0 Å².